The molecule has 2 aromatic rings. The quantitative estimate of drug-likeness (QED) is 0.840. The van der Waals surface area contributed by atoms with Gasteiger partial charge in [0.2, 0.25) is 0 Å². The highest BCUT2D eigenvalue weighted by molar-refractivity contribution is 5.48. The van der Waals surface area contributed by atoms with E-state index in [0.29, 0.717) is 5.92 Å². The van der Waals surface area contributed by atoms with Crippen LogP contribution >= 0.6 is 0 Å². The third-order valence-electron chi connectivity index (χ3n) is 4.40. The van der Waals surface area contributed by atoms with Gasteiger partial charge >= 0.3 is 0 Å². The summed E-state index contributed by atoms with van der Waals surface area (Å²) in [5.74, 6) is 0.563. The molecule has 4 heteroatoms. The van der Waals surface area contributed by atoms with Crippen LogP contribution in [0.4, 0.5) is 0 Å². The van der Waals surface area contributed by atoms with E-state index in [2.05, 4.69) is 22.9 Å². The second-order valence-corrected chi connectivity index (χ2v) is 5.64. The highest BCUT2D eigenvalue weighted by Gasteiger charge is 2.20. The minimum atomic E-state index is 0.00550. The van der Waals surface area contributed by atoms with E-state index < -0.39 is 0 Å². The number of fused-ring (bicyclic) bond motifs is 1. The molecule has 0 aliphatic carbocycles. The molecule has 0 amide bonds. The molecule has 1 aliphatic heterocycles. The van der Waals surface area contributed by atoms with E-state index in [1.54, 1.807) is 10.6 Å². The summed E-state index contributed by atoms with van der Waals surface area (Å²) in [6.45, 7) is 7.69. The maximum Gasteiger partial charge on any atom is 0.257 e. The number of hydrogen-bond donors (Lipinski definition) is 0. The van der Waals surface area contributed by atoms with E-state index in [0.717, 1.165) is 30.8 Å². The van der Waals surface area contributed by atoms with Crippen molar-refractivity contribution in [2.75, 3.05) is 19.6 Å². The van der Waals surface area contributed by atoms with Crippen LogP contribution in [0, 0.1) is 6.92 Å². The number of hydrogen-bond acceptors (Lipinski definition) is 3. The maximum atomic E-state index is 12.0. The average Bonchev–Trinajstić information content (AvgIpc) is 2.48. The molecule has 0 aromatic carbocycles. The van der Waals surface area contributed by atoms with Crippen molar-refractivity contribution in [3.05, 3.63) is 46.0 Å². The lowest BCUT2D eigenvalue weighted by atomic mass is 9.90. The van der Waals surface area contributed by atoms with Gasteiger partial charge in [-0.1, -0.05) is 13.0 Å². The van der Waals surface area contributed by atoms with E-state index in [1.807, 2.05) is 13.1 Å². The van der Waals surface area contributed by atoms with Crippen molar-refractivity contribution < 1.29 is 0 Å². The molecule has 0 N–H and O–H groups in total. The fraction of sp³-hybridized carbons (Fsp3) is 0.500. The van der Waals surface area contributed by atoms with Crippen LogP contribution in [0.3, 0.4) is 0 Å². The zero-order chi connectivity index (χ0) is 14.1. The van der Waals surface area contributed by atoms with Gasteiger partial charge in [0.1, 0.15) is 5.65 Å². The van der Waals surface area contributed by atoms with Crippen LogP contribution in [0.25, 0.3) is 5.65 Å². The van der Waals surface area contributed by atoms with Gasteiger partial charge in [0.15, 0.2) is 0 Å². The third-order valence-corrected chi connectivity index (χ3v) is 4.40. The van der Waals surface area contributed by atoms with Gasteiger partial charge in [-0.2, -0.15) is 0 Å². The highest BCUT2D eigenvalue weighted by Crippen LogP contribution is 2.28. The summed E-state index contributed by atoms with van der Waals surface area (Å²) in [5, 5.41) is 0. The zero-order valence-corrected chi connectivity index (χ0v) is 12.2. The van der Waals surface area contributed by atoms with Crippen molar-refractivity contribution in [1.82, 2.24) is 14.3 Å². The molecular weight excluding hydrogens is 250 g/mol. The van der Waals surface area contributed by atoms with Gasteiger partial charge in [0.25, 0.3) is 5.56 Å². The van der Waals surface area contributed by atoms with Crippen molar-refractivity contribution in [2.24, 2.45) is 0 Å². The molecule has 3 rings (SSSR count). The number of likely N-dealkylation sites (tertiary alicyclic amines) is 1. The van der Waals surface area contributed by atoms with Gasteiger partial charge in [-0.15, -0.1) is 0 Å². The van der Waals surface area contributed by atoms with Crippen molar-refractivity contribution in [2.45, 2.75) is 32.6 Å². The van der Waals surface area contributed by atoms with Gasteiger partial charge in [0, 0.05) is 18.5 Å². The van der Waals surface area contributed by atoms with Crippen LogP contribution in [0.2, 0.25) is 0 Å². The molecule has 20 heavy (non-hydrogen) atoms. The lowest BCUT2D eigenvalue weighted by molar-refractivity contribution is 0.222. The van der Waals surface area contributed by atoms with Crippen LogP contribution in [-0.4, -0.2) is 33.9 Å². The normalized spacial score (nSPS) is 17.7. The monoisotopic (exact) mass is 271 g/mol. The van der Waals surface area contributed by atoms with Crippen molar-refractivity contribution in [1.29, 1.82) is 0 Å². The van der Waals surface area contributed by atoms with E-state index in [-0.39, 0.29) is 5.56 Å². The Kier molecular flexibility index (Phi) is 3.57. The number of rotatable bonds is 2. The standard InChI is InChI=1S/C16H21N3O/c1-3-18-8-5-13(6-9-18)14-10-12(2)16-17-7-4-15(20)19(16)11-14/h4,7,10-11,13H,3,5-6,8-9H2,1-2H3. The molecule has 3 heterocycles. The van der Waals surface area contributed by atoms with Crippen LogP contribution in [-0.2, 0) is 0 Å². The molecule has 4 nitrogen and oxygen atoms in total. The van der Waals surface area contributed by atoms with Gasteiger partial charge in [-0.05, 0) is 56.4 Å². The molecule has 0 radical (unpaired) electrons. The second kappa shape index (κ2) is 5.37. The van der Waals surface area contributed by atoms with Crippen LogP contribution in [0.15, 0.2) is 29.3 Å². The molecule has 106 valence electrons. The first-order valence-electron chi connectivity index (χ1n) is 7.39. The average molecular weight is 271 g/mol. The first-order valence-corrected chi connectivity index (χ1v) is 7.39. The van der Waals surface area contributed by atoms with Crippen molar-refractivity contribution in [3.63, 3.8) is 0 Å². The molecule has 0 atom stereocenters. The predicted molar refractivity (Wildman–Crippen MR) is 80.3 cm³/mol. The number of nitrogens with zero attached hydrogens (tertiary/aromatic N) is 3. The predicted octanol–water partition coefficient (Wildman–Crippen LogP) is 2.20. The fourth-order valence-electron chi connectivity index (χ4n) is 3.14. The Morgan fingerprint density at radius 1 is 1.35 bits per heavy atom. The van der Waals surface area contributed by atoms with Crippen molar-refractivity contribution >= 4 is 5.65 Å². The van der Waals surface area contributed by atoms with Crippen LogP contribution in [0.1, 0.15) is 36.8 Å². The number of aromatic nitrogens is 2. The lowest BCUT2D eigenvalue weighted by Crippen LogP contribution is -2.32. The Hall–Kier alpha value is -1.68. The SMILES string of the molecule is CCN1CCC(c2cc(C)c3nccc(=O)n3c2)CC1. The highest BCUT2D eigenvalue weighted by atomic mass is 16.1. The fourth-order valence-corrected chi connectivity index (χ4v) is 3.14. The summed E-state index contributed by atoms with van der Waals surface area (Å²) in [4.78, 5) is 18.8. The van der Waals surface area contributed by atoms with E-state index >= 15 is 0 Å². The Balaban J connectivity index is 1.97. The smallest absolute Gasteiger partial charge is 0.257 e. The molecule has 1 saturated heterocycles. The molecule has 1 fully saturated rings. The Morgan fingerprint density at radius 3 is 2.80 bits per heavy atom. The summed E-state index contributed by atoms with van der Waals surface area (Å²) in [6, 6.07) is 3.73. The summed E-state index contributed by atoms with van der Waals surface area (Å²) in [6.07, 6.45) is 5.93. The molecular formula is C16H21N3O. The van der Waals surface area contributed by atoms with E-state index in [4.69, 9.17) is 0 Å². The Bertz CT molecular complexity index is 669. The molecule has 1 aliphatic rings. The van der Waals surface area contributed by atoms with E-state index in [9.17, 15) is 4.79 Å². The van der Waals surface area contributed by atoms with Gasteiger partial charge < -0.3 is 4.90 Å². The topological polar surface area (TPSA) is 37.6 Å². The van der Waals surface area contributed by atoms with Crippen molar-refractivity contribution in [3.8, 4) is 0 Å². The molecule has 0 bridgehead atoms. The summed E-state index contributed by atoms with van der Waals surface area (Å²) < 4.78 is 1.69. The minimum Gasteiger partial charge on any atom is -0.304 e. The maximum absolute atomic E-state index is 12.0. The van der Waals surface area contributed by atoms with Crippen LogP contribution in [0.5, 0.6) is 0 Å². The van der Waals surface area contributed by atoms with Gasteiger partial charge in [0.05, 0.1) is 0 Å². The lowest BCUT2D eigenvalue weighted by Gasteiger charge is -2.31. The number of aryl methyl sites for hydroxylation is 1. The summed E-state index contributed by atoms with van der Waals surface area (Å²) in [7, 11) is 0. The minimum absolute atomic E-state index is 0.00550. The largest absolute Gasteiger partial charge is 0.304 e. The van der Waals surface area contributed by atoms with Gasteiger partial charge in [-0.25, -0.2) is 4.98 Å². The Labute approximate surface area is 119 Å². The number of pyridine rings is 1. The molecule has 0 unspecified atom stereocenters. The number of piperidine rings is 1. The summed E-state index contributed by atoms with van der Waals surface area (Å²) in [5.41, 5.74) is 3.14. The first kappa shape index (κ1) is 13.3. The Morgan fingerprint density at radius 2 is 2.10 bits per heavy atom. The van der Waals surface area contributed by atoms with E-state index in [1.165, 1.54) is 24.5 Å². The molecule has 0 spiro atoms. The zero-order valence-electron chi connectivity index (χ0n) is 12.2. The first-order chi connectivity index (χ1) is 9.69. The molecule has 0 saturated carbocycles. The second-order valence-electron chi connectivity index (χ2n) is 5.64. The third kappa shape index (κ3) is 2.36. The van der Waals surface area contributed by atoms with Gasteiger partial charge in [-0.3, -0.25) is 9.20 Å². The summed E-state index contributed by atoms with van der Waals surface area (Å²) >= 11 is 0. The molecule has 2 aromatic heterocycles. The van der Waals surface area contributed by atoms with Crippen LogP contribution < -0.4 is 5.56 Å².